The molecule has 0 radical (unpaired) electrons. The van der Waals surface area contributed by atoms with Gasteiger partial charge in [0, 0.05) is 56.3 Å². The summed E-state index contributed by atoms with van der Waals surface area (Å²) >= 11 is 0. The molecule has 3 aromatic rings. The van der Waals surface area contributed by atoms with Crippen LogP contribution in [0.4, 0.5) is 21.7 Å². The summed E-state index contributed by atoms with van der Waals surface area (Å²) in [5.74, 6) is -0.245. The Morgan fingerprint density at radius 3 is 2.56 bits per heavy atom. The van der Waals surface area contributed by atoms with Crippen LogP contribution >= 0.6 is 0 Å². The lowest BCUT2D eigenvalue weighted by atomic mass is 9.73. The number of aromatic nitrogens is 3. The number of anilines is 3. The van der Waals surface area contributed by atoms with Gasteiger partial charge in [-0.3, -0.25) is 14.2 Å². The van der Waals surface area contributed by atoms with Gasteiger partial charge in [-0.1, -0.05) is 12.8 Å². The number of nitrogens with one attached hydrogen (secondary N) is 1. The van der Waals surface area contributed by atoms with Gasteiger partial charge in [0.05, 0.1) is 11.3 Å². The number of carbonyl (C=O) groups excluding carboxylic acids is 1. The number of aryl methyl sites for hydroxylation is 1. The van der Waals surface area contributed by atoms with Gasteiger partial charge in [-0.25, -0.2) is 9.37 Å². The van der Waals surface area contributed by atoms with E-state index in [1.54, 1.807) is 23.8 Å². The van der Waals surface area contributed by atoms with Crippen molar-refractivity contribution in [2.24, 2.45) is 5.41 Å². The number of ketones is 1. The summed E-state index contributed by atoms with van der Waals surface area (Å²) < 4.78 is 16.7. The normalized spacial score (nSPS) is 19.5. The highest BCUT2D eigenvalue weighted by molar-refractivity contribution is 5.99. The number of carbonyl (C=O) groups is 1. The molecular formula is C27H33FN6O2. The lowest BCUT2D eigenvalue weighted by molar-refractivity contribution is -0.00270. The molecule has 36 heavy (non-hydrogen) atoms. The summed E-state index contributed by atoms with van der Waals surface area (Å²) in [6, 6.07) is 5.10. The van der Waals surface area contributed by atoms with E-state index < -0.39 is 0 Å². The Kier molecular flexibility index (Phi) is 5.37. The van der Waals surface area contributed by atoms with E-state index in [-0.39, 0.29) is 36.1 Å². The Morgan fingerprint density at radius 1 is 1.19 bits per heavy atom. The first-order valence-electron chi connectivity index (χ1n) is 12.7. The van der Waals surface area contributed by atoms with E-state index >= 15 is 4.39 Å². The van der Waals surface area contributed by atoms with Gasteiger partial charge in [-0.15, -0.1) is 0 Å². The zero-order valence-electron chi connectivity index (χ0n) is 21.0. The van der Waals surface area contributed by atoms with Crippen LogP contribution in [-0.2, 0) is 0 Å². The second-order valence-electron chi connectivity index (χ2n) is 10.9. The number of pyridine rings is 1. The van der Waals surface area contributed by atoms with Crippen LogP contribution < -0.4 is 15.8 Å². The van der Waals surface area contributed by atoms with E-state index in [1.807, 2.05) is 6.07 Å². The first-order chi connectivity index (χ1) is 17.2. The molecule has 9 heteroatoms. The molecule has 1 N–H and O–H groups in total. The van der Waals surface area contributed by atoms with Gasteiger partial charge in [-0.05, 0) is 57.5 Å². The van der Waals surface area contributed by atoms with Gasteiger partial charge in [0.2, 0.25) is 5.95 Å². The predicted molar refractivity (Wildman–Crippen MR) is 140 cm³/mol. The largest absolute Gasteiger partial charge is 0.368 e. The van der Waals surface area contributed by atoms with Crippen molar-refractivity contribution in [1.29, 1.82) is 0 Å². The molecule has 0 amide bonds. The highest BCUT2D eigenvalue weighted by Gasteiger charge is 2.50. The molecule has 0 unspecified atom stereocenters. The average molecular weight is 493 g/mol. The van der Waals surface area contributed by atoms with E-state index in [9.17, 15) is 9.59 Å². The molecule has 2 aromatic heterocycles. The first-order valence-corrected chi connectivity index (χ1v) is 12.7. The molecular weight excluding hydrogens is 459 g/mol. The molecule has 6 rings (SSSR count). The second-order valence-corrected chi connectivity index (χ2v) is 10.9. The minimum atomic E-state index is -0.288. The van der Waals surface area contributed by atoms with Crippen molar-refractivity contribution >= 4 is 34.1 Å². The first kappa shape index (κ1) is 23.1. The van der Waals surface area contributed by atoms with E-state index in [4.69, 9.17) is 0 Å². The second kappa shape index (κ2) is 8.37. The van der Waals surface area contributed by atoms with Gasteiger partial charge >= 0.3 is 0 Å². The van der Waals surface area contributed by atoms with Crippen molar-refractivity contribution in [1.82, 2.24) is 19.4 Å². The number of halogens is 1. The third kappa shape index (κ3) is 3.68. The van der Waals surface area contributed by atoms with Crippen LogP contribution in [0.1, 0.15) is 56.0 Å². The van der Waals surface area contributed by atoms with Crippen molar-refractivity contribution in [3.8, 4) is 0 Å². The number of hydrogen-bond donors (Lipinski definition) is 1. The molecule has 0 bridgehead atoms. The van der Waals surface area contributed by atoms with Gasteiger partial charge in [0.25, 0.3) is 5.56 Å². The van der Waals surface area contributed by atoms with Gasteiger partial charge in [0.1, 0.15) is 11.5 Å². The maximum atomic E-state index is 15.0. The molecule has 2 aliphatic heterocycles. The summed E-state index contributed by atoms with van der Waals surface area (Å²) in [5, 5.41) is 3.80. The highest BCUT2D eigenvalue weighted by atomic mass is 19.1. The predicted octanol–water partition coefficient (Wildman–Crippen LogP) is 4.30. The van der Waals surface area contributed by atoms with Crippen molar-refractivity contribution < 1.29 is 10.6 Å². The number of rotatable bonds is 5. The minimum Gasteiger partial charge on any atom is -0.368 e. The third-order valence-electron chi connectivity index (χ3n) is 8.06. The Balaban J connectivity index is 0.00000280. The van der Waals surface area contributed by atoms with Crippen LogP contribution in [0.5, 0.6) is 0 Å². The molecule has 3 aliphatic rings. The number of Topliss-reactive ketones (excluding diaryl/α,β-unsaturated/α-hetero) is 1. The summed E-state index contributed by atoms with van der Waals surface area (Å²) in [7, 11) is 2.11. The fourth-order valence-electron chi connectivity index (χ4n) is 6.51. The quantitative estimate of drug-likeness (QED) is 0.532. The molecule has 0 atom stereocenters. The molecule has 8 nitrogen and oxygen atoms in total. The highest BCUT2D eigenvalue weighted by Crippen LogP contribution is 2.42. The van der Waals surface area contributed by atoms with Crippen LogP contribution in [0, 0.1) is 18.2 Å². The Hall–Kier alpha value is -3.33. The maximum Gasteiger partial charge on any atom is 0.263 e. The number of fused-ring (bicyclic) bond motifs is 1. The fraction of sp³-hybridized carbons (Fsp3) is 0.481. The van der Waals surface area contributed by atoms with Crippen molar-refractivity contribution in [3.63, 3.8) is 0 Å². The minimum absolute atomic E-state index is 0. The molecule has 1 aromatic carbocycles. The van der Waals surface area contributed by atoms with E-state index in [0.717, 1.165) is 51.9 Å². The van der Waals surface area contributed by atoms with Gasteiger partial charge < -0.3 is 15.1 Å². The van der Waals surface area contributed by atoms with Crippen LogP contribution in [0.25, 0.3) is 11.0 Å². The molecule has 1 saturated carbocycles. The lowest BCUT2D eigenvalue weighted by Crippen LogP contribution is -2.71. The Labute approximate surface area is 210 Å². The number of likely N-dealkylation sites (tertiary alicyclic amines) is 1. The molecule has 4 heterocycles. The Morgan fingerprint density at radius 2 is 1.92 bits per heavy atom. The zero-order valence-corrected chi connectivity index (χ0v) is 21.0. The summed E-state index contributed by atoms with van der Waals surface area (Å²) in [6.07, 6.45) is 5.49. The number of nitrogens with zero attached hydrogens (tertiary/aromatic N) is 5. The lowest BCUT2D eigenvalue weighted by Gasteiger charge is -2.60. The molecule has 2 saturated heterocycles. The van der Waals surface area contributed by atoms with E-state index in [0.29, 0.717) is 33.4 Å². The Bertz CT molecular complexity index is 1440. The molecule has 3 fully saturated rings. The fourth-order valence-corrected chi connectivity index (χ4v) is 6.51. The van der Waals surface area contributed by atoms with Crippen LogP contribution in [0.15, 0.2) is 29.2 Å². The molecule has 1 aliphatic carbocycles. The SMILES string of the molecule is CC(=O)c1c(C)c2cnc(Nc3ccc(N4CC5(CN(C)C5)C4)c(F)c3)nc2n(C2CCCC2)c1=O.[HH]. The standard InChI is InChI=1S/C27H31FN6O2.H2/c1-16-20-11-29-26(31-24(20)34(19-6-4-5-7-19)25(36)23(16)17(2)35)30-18-8-9-22(21(28)10-18)33-14-27(15-33)12-32(3)13-27;/h8-11,19H,4-7,12-15H2,1-3H3,(H,29,30,31);1H. The average Bonchev–Trinajstić information content (AvgIpc) is 3.30. The number of hydrogen-bond acceptors (Lipinski definition) is 7. The smallest absolute Gasteiger partial charge is 0.263 e. The topological polar surface area (TPSA) is 83.4 Å². The van der Waals surface area contributed by atoms with E-state index in [2.05, 4.69) is 32.1 Å². The van der Waals surface area contributed by atoms with Gasteiger partial charge in [0.15, 0.2) is 5.78 Å². The van der Waals surface area contributed by atoms with Crippen molar-refractivity contribution in [2.75, 3.05) is 43.4 Å². The number of benzene rings is 1. The third-order valence-corrected chi connectivity index (χ3v) is 8.06. The molecule has 1 spiro atoms. The summed E-state index contributed by atoms with van der Waals surface area (Å²) in [4.78, 5) is 39.2. The zero-order chi connectivity index (χ0) is 25.2. The molecule has 190 valence electrons. The summed E-state index contributed by atoms with van der Waals surface area (Å²) in [5.41, 5.74) is 2.52. The maximum absolute atomic E-state index is 15.0. The van der Waals surface area contributed by atoms with E-state index in [1.165, 1.54) is 13.0 Å². The van der Waals surface area contributed by atoms with Crippen LogP contribution in [0.3, 0.4) is 0 Å². The van der Waals surface area contributed by atoms with Crippen LogP contribution in [0.2, 0.25) is 0 Å². The van der Waals surface area contributed by atoms with Crippen LogP contribution in [-0.4, -0.2) is 58.4 Å². The van der Waals surface area contributed by atoms with Crippen molar-refractivity contribution in [2.45, 2.75) is 45.6 Å². The van der Waals surface area contributed by atoms with Gasteiger partial charge in [-0.2, -0.15) is 4.98 Å². The van der Waals surface area contributed by atoms with Crippen molar-refractivity contribution in [3.05, 3.63) is 51.7 Å². The monoisotopic (exact) mass is 492 g/mol. The summed E-state index contributed by atoms with van der Waals surface area (Å²) in [6.45, 7) is 7.11.